The molecule has 0 spiro atoms. The fourth-order valence-corrected chi connectivity index (χ4v) is 3.71. The Labute approximate surface area is 148 Å². The Kier molecular flexibility index (Phi) is 5.01. The maximum atomic E-state index is 12.2. The van der Waals surface area contributed by atoms with Gasteiger partial charge in [-0.15, -0.1) is 11.3 Å². The van der Waals surface area contributed by atoms with Crippen LogP contribution >= 0.6 is 34.5 Å². The lowest BCUT2D eigenvalue weighted by atomic mass is 10.3. The zero-order chi connectivity index (χ0) is 16.4. The molecule has 3 rings (SSSR count). The van der Waals surface area contributed by atoms with Crippen LogP contribution in [0.2, 0.25) is 8.67 Å². The molecule has 6 nitrogen and oxygen atoms in total. The molecule has 0 bridgehead atoms. The minimum absolute atomic E-state index is 0.325. The number of nitrogens with one attached hydrogen (secondary N) is 1. The zero-order valence-electron chi connectivity index (χ0n) is 12.4. The molecule has 0 unspecified atom stereocenters. The fourth-order valence-electron chi connectivity index (χ4n) is 2.25. The predicted octanol–water partition coefficient (Wildman–Crippen LogP) is 2.85. The second kappa shape index (κ2) is 7.00. The lowest BCUT2D eigenvalue weighted by molar-refractivity contribution is 0.102. The van der Waals surface area contributed by atoms with Crippen molar-refractivity contribution in [2.75, 3.05) is 43.4 Å². The topological polar surface area (TPSA) is 61.4 Å². The number of amides is 1. The first-order valence-corrected chi connectivity index (χ1v) is 8.62. The first-order chi connectivity index (χ1) is 11.0. The van der Waals surface area contributed by atoms with Gasteiger partial charge in [-0.25, -0.2) is 9.97 Å². The molecule has 3 heterocycles. The van der Waals surface area contributed by atoms with Crippen molar-refractivity contribution in [1.29, 1.82) is 0 Å². The molecule has 1 N–H and O–H groups in total. The number of nitrogens with zero attached hydrogens (tertiary/aromatic N) is 4. The lowest BCUT2D eigenvalue weighted by Crippen LogP contribution is -2.45. The predicted molar refractivity (Wildman–Crippen MR) is 94.0 cm³/mol. The maximum absolute atomic E-state index is 12.2. The summed E-state index contributed by atoms with van der Waals surface area (Å²) in [6, 6.07) is 1.54. The van der Waals surface area contributed by atoms with Gasteiger partial charge >= 0.3 is 0 Å². The molecule has 1 aliphatic heterocycles. The monoisotopic (exact) mass is 371 g/mol. The van der Waals surface area contributed by atoms with Crippen LogP contribution in [-0.2, 0) is 0 Å². The van der Waals surface area contributed by atoms with Crippen molar-refractivity contribution in [2.24, 2.45) is 0 Å². The number of carbonyl (C=O) groups is 1. The second-order valence-corrected chi connectivity index (χ2v) is 7.54. The molecule has 0 saturated carbocycles. The highest BCUT2D eigenvalue weighted by Crippen LogP contribution is 2.31. The van der Waals surface area contributed by atoms with Gasteiger partial charge in [0.15, 0.2) is 0 Å². The third-order valence-corrected chi connectivity index (χ3v) is 5.07. The van der Waals surface area contributed by atoms with E-state index in [0.29, 0.717) is 25.9 Å². The van der Waals surface area contributed by atoms with Crippen LogP contribution in [0.15, 0.2) is 18.5 Å². The van der Waals surface area contributed by atoms with Crippen molar-refractivity contribution in [3.8, 4) is 0 Å². The van der Waals surface area contributed by atoms with Crippen LogP contribution in [0.5, 0.6) is 0 Å². The highest BCUT2D eigenvalue weighted by molar-refractivity contribution is 7.20. The molecule has 9 heteroatoms. The number of aromatic nitrogens is 2. The molecule has 0 atom stereocenters. The summed E-state index contributed by atoms with van der Waals surface area (Å²) in [5.74, 6) is 0.349. The van der Waals surface area contributed by atoms with E-state index in [1.165, 1.54) is 0 Å². The van der Waals surface area contributed by atoms with Crippen molar-refractivity contribution >= 4 is 52.1 Å². The largest absolute Gasteiger partial charge is 0.338 e. The van der Waals surface area contributed by atoms with Gasteiger partial charge in [-0.2, -0.15) is 0 Å². The Morgan fingerprint density at radius 3 is 2.43 bits per heavy atom. The van der Waals surface area contributed by atoms with Gasteiger partial charge in [0.1, 0.15) is 4.34 Å². The molecule has 122 valence electrons. The number of hydrogen-bond acceptors (Lipinski definition) is 6. The average molecular weight is 372 g/mol. The van der Waals surface area contributed by atoms with Crippen LogP contribution in [0.1, 0.15) is 10.4 Å². The van der Waals surface area contributed by atoms with Crippen LogP contribution < -0.4 is 10.2 Å². The quantitative estimate of drug-likeness (QED) is 0.898. The number of likely N-dealkylation sites (N-methyl/N-ethyl adjacent to an activating group) is 1. The fraction of sp³-hybridized carbons (Fsp3) is 0.357. The van der Waals surface area contributed by atoms with E-state index in [2.05, 4.69) is 32.1 Å². The molecular weight excluding hydrogens is 357 g/mol. The Bertz CT molecular complexity index is 698. The Morgan fingerprint density at radius 2 is 1.87 bits per heavy atom. The van der Waals surface area contributed by atoms with E-state index in [9.17, 15) is 4.79 Å². The Morgan fingerprint density at radius 1 is 1.22 bits per heavy atom. The van der Waals surface area contributed by atoms with E-state index in [1.54, 1.807) is 18.5 Å². The number of halogens is 2. The van der Waals surface area contributed by atoms with Crippen molar-refractivity contribution in [1.82, 2.24) is 14.9 Å². The molecule has 1 amide bonds. The highest BCUT2D eigenvalue weighted by Gasteiger charge is 2.17. The Hall–Kier alpha value is -1.41. The van der Waals surface area contributed by atoms with Crippen LogP contribution in [0.4, 0.5) is 11.6 Å². The summed E-state index contributed by atoms with van der Waals surface area (Å²) in [5, 5.41) is 2.72. The van der Waals surface area contributed by atoms with Gasteiger partial charge in [-0.1, -0.05) is 23.2 Å². The summed E-state index contributed by atoms with van der Waals surface area (Å²) < 4.78 is 0.837. The number of piperazine rings is 1. The number of anilines is 2. The zero-order valence-corrected chi connectivity index (χ0v) is 14.8. The molecule has 1 fully saturated rings. The van der Waals surface area contributed by atoms with Gasteiger partial charge in [0.2, 0.25) is 5.95 Å². The molecule has 0 aliphatic carbocycles. The first kappa shape index (κ1) is 16.4. The van der Waals surface area contributed by atoms with Gasteiger partial charge in [-0.05, 0) is 13.1 Å². The van der Waals surface area contributed by atoms with E-state index < -0.39 is 0 Å². The van der Waals surface area contributed by atoms with Gasteiger partial charge in [0.25, 0.3) is 5.91 Å². The van der Waals surface area contributed by atoms with Crippen LogP contribution in [-0.4, -0.2) is 54.0 Å². The Balaban J connectivity index is 1.65. The first-order valence-electron chi connectivity index (χ1n) is 7.04. The van der Waals surface area contributed by atoms with Crippen molar-refractivity contribution in [3.63, 3.8) is 0 Å². The van der Waals surface area contributed by atoms with Gasteiger partial charge in [0.05, 0.1) is 28.0 Å². The standard InChI is InChI=1S/C14H15Cl2N5OS/c1-20-2-4-21(5-3-20)14-17-7-9(8-18-14)19-13(22)10-6-11(15)23-12(10)16/h6-8H,2-5H2,1H3,(H,19,22). The molecule has 2 aromatic heterocycles. The average Bonchev–Trinajstić information content (AvgIpc) is 2.88. The molecule has 1 aliphatic rings. The SMILES string of the molecule is CN1CCN(c2ncc(NC(=O)c3cc(Cl)sc3Cl)cn2)CC1. The number of thiophene rings is 1. The summed E-state index contributed by atoms with van der Waals surface area (Å²) in [4.78, 5) is 25.2. The molecular formula is C14H15Cl2N5OS. The summed E-state index contributed by atoms with van der Waals surface area (Å²) in [7, 11) is 2.10. The van der Waals surface area contributed by atoms with Gasteiger partial charge < -0.3 is 15.1 Å². The minimum Gasteiger partial charge on any atom is -0.338 e. The van der Waals surface area contributed by atoms with E-state index in [-0.39, 0.29) is 5.91 Å². The van der Waals surface area contributed by atoms with Crippen molar-refractivity contribution in [2.45, 2.75) is 0 Å². The van der Waals surface area contributed by atoms with Gasteiger partial charge in [-0.3, -0.25) is 4.79 Å². The number of rotatable bonds is 3. The lowest BCUT2D eigenvalue weighted by Gasteiger charge is -2.32. The third-order valence-electron chi connectivity index (χ3n) is 3.58. The van der Waals surface area contributed by atoms with Crippen LogP contribution in [0.25, 0.3) is 0 Å². The number of carbonyl (C=O) groups excluding carboxylic acids is 1. The molecule has 1 saturated heterocycles. The maximum Gasteiger partial charge on any atom is 0.258 e. The van der Waals surface area contributed by atoms with Crippen molar-refractivity contribution in [3.05, 3.63) is 32.7 Å². The second-order valence-electron chi connectivity index (χ2n) is 5.25. The van der Waals surface area contributed by atoms with Crippen LogP contribution in [0.3, 0.4) is 0 Å². The van der Waals surface area contributed by atoms with Gasteiger partial charge in [0, 0.05) is 26.2 Å². The van der Waals surface area contributed by atoms with E-state index in [0.717, 1.165) is 37.5 Å². The third kappa shape index (κ3) is 3.92. The summed E-state index contributed by atoms with van der Waals surface area (Å²) in [6.07, 6.45) is 3.20. The summed E-state index contributed by atoms with van der Waals surface area (Å²) in [6.45, 7) is 3.76. The van der Waals surface area contributed by atoms with E-state index in [4.69, 9.17) is 23.2 Å². The van der Waals surface area contributed by atoms with E-state index in [1.807, 2.05) is 0 Å². The normalized spacial score (nSPS) is 15.7. The molecule has 2 aromatic rings. The van der Waals surface area contributed by atoms with E-state index >= 15 is 0 Å². The molecule has 0 aromatic carbocycles. The minimum atomic E-state index is -0.325. The van der Waals surface area contributed by atoms with Crippen LogP contribution in [0, 0.1) is 0 Å². The highest BCUT2D eigenvalue weighted by atomic mass is 35.5. The van der Waals surface area contributed by atoms with Crippen molar-refractivity contribution < 1.29 is 4.79 Å². The number of hydrogen-bond donors (Lipinski definition) is 1. The molecule has 23 heavy (non-hydrogen) atoms. The summed E-state index contributed by atoms with van der Waals surface area (Å²) in [5.41, 5.74) is 0.871. The summed E-state index contributed by atoms with van der Waals surface area (Å²) >= 11 is 13.0. The smallest absolute Gasteiger partial charge is 0.258 e. The molecule has 0 radical (unpaired) electrons.